The smallest absolute Gasteiger partial charge is 0.283 e. The number of amides is 1. The highest BCUT2D eigenvalue weighted by atomic mass is 32.2. The summed E-state index contributed by atoms with van der Waals surface area (Å²) in [7, 11) is -1.21. The lowest BCUT2D eigenvalue weighted by Gasteiger charge is -2.20. The first-order chi connectivity index (χ1) is 18.1. The molecule has 0 saturated heterocycles. The Hall–Kier alpha value is -4.39. The number of ether oxygens (including phenoxy) is 3. The van der Waals surface area contributed by atoms with Crippen LogP contribution in [0.4, 0.5) is 15.9 Å². The molecule has 13 heteroatoms. The van der Waals surface area contributed by atoms with Crippen LogP contribution in [0.3, 0.4) is 0 Å². The zero-order valence-electron chi connectivity index (χ0n) is 20.8. The quantitative estimate of drug-likeness (QED) is 0.336. The van der Waals surface area contributed by atoms with Gasteiger partial charge in [-0.05, 0) is 30.9 Å². The zero-order chi connectivity index (χ0) is 27.4. The van der Waals surface area contributed by atoms with Gasteiger partial charge in [0.1, 0.15) is 27.5 Å². The number of halogens is 1. The Morgan fingerprint density at radius 3 is 2.68 bits per heavy atom. The number of aromatic nitrogens is 2. The number of rotatable bonds is 10. The minimum absolute atomic E-state index is 0.0541. The van der Waals surface area contributed by atoms with Gasteiger partial charge in [0.25, 0.3) is 15.9 Å². The first-order valence-electron chi connectivity index (χ1n) is 11.4. The molecule has 11 nitrogen and oxygen atoms in total. The second kappa shape index (κ2) is 10.9. The second-order valence-corrected chi connectivity index (χ2v) is 9.91. The fraction of sp³-hybridized carbons (Fsp3) is 0.240. The number of carbonyl (C=O) groups is 1. The van der Waals surface area contributed by atoms with Gasteiger partial charge in [0.15, 0.2) is 17.2 Å². The summed E-state index contributed by atoms with van der Waals surface area (Å²) in [6.45, 7) is 4.90. The molecule has 3 aromatic rings. The minimum atomic E-state index is -4.03. The van der Waals surface area contributed by atoms with Gasteiger partial charge >= 0.3 is 0 Å². The van der Waals surface area contributed by atoms with Crippen LogP contribution in [0.5, 0.6) is 17.4 Å². The number of hydrogen-bond acceptors (Lipinski definition) is 9. The predicted molar refractivity (Wildman–Crippen MR) is 138 cm³/mol. The average Bonchev–Trinajstić information content (AvgIpc) is 3.30. The molecule has 2 aromatic heterocycles. The van der Waals surface area contributed by atoms with Crippen LogP contribution in [0, 0.1) is 5.92 Å². The highest BCUT2D eigenvalue weighted by molar-refractivity contribution is 7.96. The van der Waals surface area contributed by atoms with E-state index >= 15 is 0 Å². The Kier molecular flexibility index (Phi) is 7.67. The molecule has 1 aromatic carbocycles. The van der Waals surface area contributed by atoms with E-state index in [1.54, 1.807) is 6.08 Å². The van der Waals surface area contributed by atoms with E-state index in [2.05, 4.69) is 26.8 Å². The molecule has 38 heavy (non-hydrogen) atoms. The molecule has 1 unspecified atom stereocenters. The molecule has 0 saturated carbocycles. The van der Waals surface area contributed by atoms with E-state index < -0.39 is 21.8 Å². The third kappa shape index (κ3) is 5.62. The first-order valence-corrected chi connectivity index (χ1v) is 12.9. The van der Waals surface area contributed by atoms with E-state index in [1.165, 1.54) is 44.7 Å². The van der Waals surface area contributed by atoms with Crippen LogP contribution in [-0.2, 0) is 19.6 Å². The average molecular weight is 545 g/mol. The Bertz CT molecular complexity index is 1550. The summed E-state index contributed by atoms with van der Waals surface area (Å²) >= 11 is 0. The number of methoxy groups -OCH3 is 2. The molecule has 0 aliphatic heterocycles. The van der Waals surface area contributed by atoms with Crippen LogP contribution < -0.4 is 19.5 Å². The number of fused-ring (bicyclic) bond motifs is 1. The van der Waals surface area contributed by atoms with Crippen molar-refractivity contribution in [3.63, 3.8) is 0 Å². The molecule has 4 rings (SSSR count). The molecule has 200 valence electrons. The van der Waals surface area contributed by atoms with Gasteiger partial charge in [0.05, 0.1) is 26.1 Å². The predicted octanol–water partition coefficient (Wildman–Crippen LogP) is 5.03. The van der Waals surface area contributed by atoms with Crippen molar-refractivity contribution in [1.82, 2.24) is 10.1 Å². The number of sulfonamides is 1. The summed E-state index contributed by atoms with van der Waals surface area (Å²) < 4.78 is 63.8. The SMILES string of the molecule is C=C(F)C(=O)Nc1ccc(Oc2cc(OC)c3c(NS(=O)(=O)C4=C(OC)C=CC(CC)C4)noc3c2)nc1. The Labute approximate surface area is 218 Å². The summed E-state index contributed by atoms with van der Waals surface area (Å²) in [5.74, 6) is -1.20. The van der Waals surface area contributed by atoms with Gasteiger partial charge in [-0.2, -0.15) is 0 Å². The number of nitrogens with zero attached hydrogens (tertiary/aromatic N) is 2. The first kappa shape index (κ1) is 26.7. The van der Waals surface area contributed by atoms with E-state index in [0.717, 1.165) is 6.42 Å². The summed E-state index contributed by atoms with van der Waals surface area (Å²) in [4.78, 5) is 15.6. The van der Waals surface area contributed by atoms with Gasteiger partial charge in [0.2, 0.25) is 5.88 Å². The van der Waals surface area contributed by atoms with Crippen LogP contribution in [0.25, 0.3) is 11.0 Å². The molecule has 0 bridgehead atoms. The molecule has 1 aliphatic carbocycles. The number of anilines is 2. The van der Waals surface area contributed by atoms with Crippen LogP contribution in [0.15, 0.2) is 70.2 Å². The third-order valence-corrected chi connectivity index (χ3v) is 7.22. The van der Waals surface area contributed by atoms with Crippen molar-refractivity contribution < 1.29 is 36.3 Å². The molecular formula is C25H25FN4O7S. The molecule has 2 N–H and O–H groups in total. The van der Waals surface area contributed by atoms with Crippen molar-refractivity contribution >= 4 is 38.4 Å². The van der Waals surface area contributed by atoms with Crippen molar-refractivity contribution in [2.75, 3.05) is 24.3 Å². The molecular weight excluding hydrogens is 519 g/mol. The zero-order valence-corrected chi connectivity index (χ0v) is 21.6. The van der Waals surface area contributed by atoms with E-state index in [-0.39, 0.29) is 57.5 Å². The monoisotopic (exact) mass is 544 g/mol. The summed E-state index contributed by atoms with van der Waals surface area (Å²) in [5, 5.41) is 6.48. The fourth-order valence-corrected chi connectivity index (χ4v) is 5.12. The largest absolute Gasteiger partial charge is 0.496 e. The van der Waals surface area contributed by atoms with Crippen LogP contribution in [-0.4, -0.2) is 38.7 Å². The van der Waals surface area contributed by atoms with Crippen molar-refractivity contribution in [3.05, 3.63) is 65.7 Å². The number of nitrogens with one attached hydrogen (secondary N) is 2. The summed E-state index contributed by atoms with van der Waals surface area (Å²) in [6.07, 6.45) is 5.92. The van der Waals surface area contributed by atoms with E-state index in [9.17, 15) is 17.6 Å². The van der Waals surface area contributed by atoms with E-state index in [1.807, 2.05) is 13.0 Å². The van der Waals surface area contributed by atoms with Crippen molar-refractivity contribution in [2.24, 2.45) is 5.92 Å². The number of benzene rings is 1. The second-order valence-electron chi connectivity index (χ2n) is 8.20. The maximum Gasteiger partial charge on any atom is 0.283 e. The Morgan fingerprint density at radius 2 is 2.05 bits per heavy atom. The third-order valence-electron chi connectivity index (χ3n) is 5.74. The number of hydrogen-bond donors (Lipinski definition) is 2. The van der Waals surface area contributed by atoms with Gasteiger partial charge in [-0.3, -0.25) is 9.52 Å². The molecule has 1 aliphatic rings. The summed E-state index contributed by atoms with van der Waals surface area (Å²) in [5.41, 5.74) is 0.435. The number of carbonyl (C=O) groups excluding carboxylic acids is 1. The normalized spacial score (nSPS) is 15.3. The van der Waals surface area contributed by atoms with Crippen LogP contribution in [0.2, 0.25) is 0 Å². The van der Waals surface area contributed by atoms with Gasteiger partial charge in [0, 0.05) is 18.2 Å². The molecule has 1 amide bonds. The lowest BCUT2D eigenvalue weighted by molar-refractivity contribution is -0.114. The van der Waals surface area contributed by atoms with E-state index in [4.69, 9.17) is 18.7 Å². The summed E-state index contributed by atoms with van der Waals surface area (Å²) in [6, 6.07) is 5.92. The van der Waals surface area contributed by atoms with Crippen molar-refractivity contribution in [1.29, 1.82) is 0 Å². The molecule has 1 atom stereocenters. The molecule has 2 heterocycles. The van der Waals surface area contributed by atoms with Crippen LogP contribution in [0.1, 0.15) is 19.8 Å². The van der Waals surface area contributed by atoms with Crippen molar-refractivity contribution in [2.45, 2.75) is 19.8 Å². The van der Waals surface area contributed by atoms with Gasteiger partial charge < -0.3 is 24.1 Å². The van der Waals surface area contributed by atoms with E-state index in [0.29, 0.717) is 5.39 Å². The highest BCUT2D eigenvalue weighted by Crippen LogP contribution is 2.39. The molecule has 0 fully saturated rings. The van der Waals surface area contributed by atoms with Gasteiger partial charge in [-0.1, -0.05) is 24.7 Å². The Balaban J connectivity index is 1.59. The van der Waals surface area contributed by atoms with Crippen LogP contribution >= 0.6 is 0 Å². The lowest BCUT2D eigenvalue weighted by Crippen LogP contribution is -2.21. The Morgan fingerprint density at radius 1 is 1.26 bits per heavy atom. The number of pyridine rings is 1. The van der Waals surface area contributed by atoms with Gasteiger partial charge in [-0.25, -0.2) is 17.8 Å². The topological polar surface area (TPSA) is 142 Å². The maximum absolute atomic E-state index is 13.3. The highest BCUT2D eigenvalue weighted by Gasteiger charge is 2.29. The standard InChI is InChI=1S/C25H25FN4O7S/c1-5-15-6-8-18(34-3)21(10-15)38(32,33)30-24-23-19(35-4)11-17(12-20(23)37-29-24)36-22-9-7-16(13-27-22)28-25(31)14(2)26/h6-9,11-13,15H,2,5,10H2,1,3-4H3,(H,28,31)(H,29,30). The number of allylic oxidation sites excluding steroid dienone is 3. The lowest BCUT2D eigenvalue weighted by atomic mass is 9.97. The fourth-order valence-electron chi connectivity index (χ4n) is 3.75. The van der Waals surface area contributed by atoms with Crippen molar-refractivity contribution in [3.8, 4) is 17.4 Å². The minimum Gasteiger partial charge on any atom is -0.496 e. The molecule has 0 radical (unpaired) electrons. The molecule has 0 spiro atoms. The maximum atomic E-state index is 13.3. The van der Waals surface area contributed by atoms with Gasteiger partial charge in [-0.15, -0.1) is 0 Å².